The lowest BCUT2D eigenvalue weighted by Gasteiger charge is -2.30. The highest BCUT2D eigenvalue weighted by atomic mass is 35.5. The molecule has 1 aliphatic heterocycles. The molecule has 0 aliphatic carbocycles. The first kappa shape index (κ1) is 14.3. The van der Waals surface area contributed by atoms with Crippen molar-refractivity contribution in [3.63, 3.8) is 0 Å². The highest BCUT2D eigenvalue weighted by Crippen LogP contribution is 2.28. The lowest BCUT2D eigenvalue weighted by Crippen LogP contribution is -2.41. The number of halogens is 1. The monoisotopic (exact) mass is 300 g/mol. The molecule has 0 bridgehead atoms. The molecule has 0 spiro atoms. The number of carbonyl (C=O) groups is 1. The summed E-state index contributed by atoms with van der Waals surface area (Å²) < 4.78 is 0. The number of nitrogens with zero attached hydrogens (tertiary/aromatic N) is 3. The van der Waals surface area contributed by atoms with Crippen LogP contribution in [0.15, 0.2) is 12.3 Å². The van der Waals surface area contributed by atoms with Crippen LogP contribution in [0.25, 0.3) is 0 Å². The number of hydrogen-bond donors (Lipinski definition) is 2. The van der Waals surface area contributed by atoms with E-state index in [4.69, 9.17) is 16.7 Å². The summed E-state index contributed by atoms with van der Waals surface area (Å²) in [4.78, 5) is 26.2. The average molecular weight is 301 g/mol. The molecule has 0 aromatic carbocycles. The van der Waals surface area contributed by atoms with Crippen molar-refractivity contribution in [1.82, 2.24) is 9.88 Å². The van der Waals surface area contributed by atoms with Gasteiger partial charge in [0.1, 0.15) is 17.0 Å². The predicted octanol–water partition coefficient (Wildman–Crippen LogP) is 2.20. The first-order chi connectivity index (χ1) is 9.47. The van der Waals surface area contributed by atoms with Crippen LogP contribution in [0.5, 0.6) is 0 Å². The number of likely N-dealkylation sites (tertiary alicyclic amines) is 1. The van der Waals surface area contributed by atoms with Gasteiger partial charge in [0.25, 0.3) is 0 Å². The van der Waals surface area contributed by atoms with E-state index in [1.54, 1.807) is 0 Å². The minimum Gasteiger partial charge on any atom is -0.465 e. The Balaban J connectivity index is 2.06. The number of aromatic nitrogens is 1. The number of amides is 1. The van der Waals surface area contributed by atoms with Crippen LogP contribution in [-0.4, -0.2) is 45.1 Å². The smallest absolute Gasteiger partial charge is 0.407 e. The molecule has 8 nitrogen and oxygen atoms in total. The Morgan fingerprint density at radius 2 is 2.20 bits per heavy atom. The van der Waals surface area contributed by atoms with Gasteiger partial charge in [-0.25, -0.2) is 9.78 Å². The Labute approximate surface area is 119 Å². The molecule has 1 aromatic heterocycles. The molecule has 2 N–H and O–H groups in total. The van der Waals surface area contributed by atoms with Crippen molar-refractivity contribution < 1.29 is 14.8 Å². The fourth-order valence-corrected chi connectivity index (χ4v) is 2.28. The van der Waals surface area contributed by atoms with Crippen molar-refractivity contribution in [2.45, 2.75) is 18.9 Å². The van der Waals surface area contributed by atoms with Crippen LogP contribution in [0.2, 0.25) is 5.15 Å². The highest BCUT2D eigenvalue weighted by Gasteiger charge is 2.24. The van der Waals surface area contributed by atoms with Crippen molar-refractivity contribution in [1.29, 1.82) is 0 Å². The van der Waals surface area contributed by atoms with Gasteiger partial charge in [0.05, 0.1) is 4.92 Å². The highest BCUT2D eigenvalue weighted by molar-refractivity contribution is 6.29. The van der Waals surface area contributed by atoms with E-state index < -0.39 is 11.0 Å². The molecule has 0 radical (unpaired) electrons. The second kappa shape index (κ2) is 5.91. The molecule has 0 atom stereocenters. The zero-order valence-electron chi connectivity index (χ0n) is 10.5. The summed E-state index contributed by atoms with van der Waals surface area (Å²) in [5.41, 5.74) is 0.166. The van der Waals surface area contributed by atoms with Crippen molar-refractivity contribution in [3.8, 4) is 0 Å². The number of piperidine rings is 1. The lowest BCUT2D eigenvalue weighted by atomic mass is 10.1. The van der Waals surface area contributed by atoms with Gasteiger partial charge in [-0.05, 0) is 12.8 Å². The number of carboxylic acid groups (broad SMARTS) is 1. The second-order valence-corrected chi connectivity index (χ2v) is 4.86. The SMILES string of the molecule is O=C(O)N1CCC(Nc2cc(Cl)ncc2[N+](=O)[O-])CC1. The minimum atomic E-state index is -0.943. The van der Waals surface area contributed by atoms with Crippen LogP contribution >= 0.6 is 11.6 Å². The van der Waals surface area contributed by atoms with Crippen molar-refractivity contribution >= 4 is 29.1 Å². The first-order valence-electron chi connectivity index (χ1n) is 6.01. The van der Waals surface area contributed by atoms with Gasteiger partial charge in [-0.3, -0.25) is 10.1 Å². The molecule has 1 amide bonds. The van der Waals surface area contributed by atoms with E-state index in [1.807, 2.05) is 0 Å². The van der Waals surface area contributed by atoms with Gasteiger partial charge in [0.15, 0.2) is 0 Å². The maximum absolute atomic E-state index is 10.9. The van der Waals surface area contributed by atoms with Gasteiger partial charge in [0, 0.05) is 25.2 Å². The average Bonchev–Trinajstić information content (AvgIpc) is 2.39. The van der Waals surface area contributed by atoms with Crippen molar-refractivity contribution in [2.24, 2.45) is 0 Å². The molecule has 0 saturated carbocycles. The summed E-state index contributed by atoms with van der Waals surface area (Å²) in [7, 11) is 0. The molecule has 2 heterocycles. The quantitative estimate of drug-likeness (QED) is 0.503. The Morgan fingerprint density at radius 1 is 1.55 bits per heavy atom. The Kier molecular flexibility index (Phi) is 4.23. The third kappa shape index (κ3) is 3.27. The van der Waals surface area contributed by atoms with Crippen molar-refractivity contribution in [2.75, 3.05) is 18.4 Å². The Bertz CT molecular complexity index is 531. The van der Waals surface area contributed by atoms with Crippen LogP contribution in [-0.2, 0) is 0 Å². The summed E-state index contributed by atoms with van der Waals surface area (Å²) in [5, 5.41) is 23.0. The van der Waals surface area contributed by atoms with Gasteiger partial charge in [-0.1, -0.05) is 11.6 Å². The molecule has 108 valence electrons. The van der Waals surface area contributed by atoms with Crippen LogP contribution in [0, 0.1) is 10.1 Å². The molecular weight excluding hydrogens is 288 g/mol. The Hall–Kier alpha value is -2.09. The van der Waals surface area contributed by atoms with Gasteiger partial charge in [0.2, 0.25) is 0 Å². The molecule has 1 aliphatic rings. The van der Waals surface area contributed by atoms with Crippen LogP contribution in [0.1, 0.15) is 12.8 Å². The van der Waals surface area contributed by atoms with E-state index in [2.05, 4.69) is 10.3 Å². The number of hydrogen-bond acceptors (Lipinski definition) is 5. The summed E-state index contributed by atoms with van der Waals surface area (Å²) in [5.74, 6) is 0. The largest absolute Gasteiger partial charge is 0.465 e. The summed E-state index contributed by atoms with van der Waals surface area (Å²) in [6, 6.07) is 1.38. The molecule has 1 fully saturated rings. The van der Waals surface area contributed by atoms with E-state index in [9.17, 15) is 14.9 Å². The van der Waals surface area contributed by atoms with Crippen LogP contribution in [0.3, 0.4) is 0 Å². The third-order valence-corrected chi connectivity index (χ3v) is 3.38. The fraction of sp³-hybridized carbons (Fsp3) is 0.455. The van der Waals surface area contributed by atoms with Gasteiger partial charge >= 0.3 is 11.8 Å². The standard InChI is InChI=1S/C11H13ClN4O4/c12-10-5-8(9(6-13-10)16(19)20)14-7-1-3-15(4-2-7)11(17)18/h5-7H,1-4H2,(H,13,14)(H,17,18). The van der Waals surface area contributed by atoms with E-state index in [0.717, 1.165) is 6.20 Å². The number of nitrogens with one attached hydrogen (secondary N) is 1. The summed E-state index contributed by atoms with van der Waals surface area (Å²) in [6.07, 6.45) is 1.34. The molecule has 1 aromatic rings. The molecule has 9 heteroatoms. The molecule has 20 heavy (non-hydrogen) atoms. The molecule has 2 rings (SSSR count). The van der Waals surface area contributed by atoms with Crippen molar-refractivity contribution in [3.05, 3.63) is 27.5 Å². The van der Waals surface area contributed by atoms with Gasteiger partial charge in [-0.2, -0.15) is 0 Å². The maximum atomic E-state index is 10.9. The van der Waals surface area contributed by atoms with Crippen LogP contribution in [0.4, 0.5) is 16.2 Å². The molecule has 0 unspecified atom stereocenters. The molecule has 1 saturated heterocycles. The second-order valence-electron chi connectivity index (χ2n) is 4.47. The summed E-state index contributed by atoms with van der Waals surface area (Å²) in [6.45, 7) is 0.805. The number of rotatable bonds is 3. The zero-order valence-corrected chi connectivity index (χ0v) is 11.2. The van der Waals surface area contributed by atoms with E-state index >= 15 is 0 Å². The van der Waals surface area contributed by atoms with Crippen LogP contribution < -0.4 is 5.32 Å². The van der Waals surface area contributed by atoms with E-state index in [0.29, 0.717) is 31.6 Å². The molecular formula is C11H13ClN4O4. The summed E-state index contributed by atoms with van der Waals surface area (Å²) >= 11 is 5.74. The Morgan fingerprint density at radius 3 is 2.75 bits per heavy atom. The van der Waals surface area contributed by atoms with Gasteiger partial charge < -0.3 is 15.3 Å². The zero-order chi connectivity index (χ0) is 14.7. The fourth-order valence-electron chi connectivity index (χ4n) is 2.12. The minimum absolute atomic E-state index is 0.0252. The maximum Gasteiger partial charge on any atom is 0.407 e. The normalized spacial score (nSPS) is 15.9. The number of nitro groups is 1. The lowest BCUT2D eigenvalue weighted by molar-refractivity contribution is -0.384. The van der Waals surface area contributed by atoms with E-state index in [1.165, 1.54) is 11.0 Å². The van der Waals surface area contributed by atoms with E-state index in [-0.39, 0.29) is 16.9 Å². The predicted molar refractivity (Wildman–Crippen MR) is 72.1 cm³/mol. The first-order valence-corrected chi connectivity index (χ1v) is 6.39. The number of pyridine rings is 1. The third-order valence-electron chi connectivity index (χ3n) is 3.17. The van der Waals surface area contributed by atoms with Gasteiger partial charge in [-0.15, -0.1) is 0 Å². The number of anilines is 1. The topological polar surface area (TPSA) is 109 Å².